The second-order valence-electron chi connectivity index (χ2n) is 6.32. The number of aromatic nitrogens is 5. The van der Waals surface area contributed by atoms with E-state index >= 15 is 0 Å². The quantitative estimate of drug-likeness (QED) is 0.436. The van der Waals surface area contributed by atoms with E-state index in [9.17, 15) is 0 Å². The Morgan fingerprint density at radius 3 is 2.80 bits per heavy atom. The van der Waals surface area contributed by atoms with Gasteiger partial charge in [0.25, 0.3) is 0 Å². The molecule has 0 saturated carbocycles. The van der Waals surface area contributed by atoms with Crippen LogP contribution in [0.2, 0.25) is 0 Å². The third kappa shape index (κ3) is 1.59. The molecule has 0 spiro atoms. The van der Waals surface area contributed by atoms with E-state index in [1.807, 2.05) is 30.7 Å². The lowest BCUT2D eigenvalue weighted by Crippen LogP contribution is -2.19. The summed E-state index contributed by atoms with van der Waals surface area (Å²) in [6.45, 7) is 0.839. The van der Waals surface area contributed by atoms with Gasteiger partial charge >= 0.3 is 5.78 Å². The van der Waals surface area contributed by atoms with Crippen LogP contribution >= 0.6 is 0 Å². The van der Waals surface area contributed by atoms with Crippen LogP contribution in [-0.2, 0) is 6.54 Å². The molecule has 5 nitrogen and oxygen atoms in total. The number of para-hydroxylation sites is 1. The molecule has 6 rings (SSSR count). The highest BCUT2D eigenvalue weighted by atomic mass is 15.3. The molecule has 4 aromatic heterocycles. The molecule has 25 heavy (non-hydrogen) atoms. The van der Waals surface area contributed by atoms with E-state index in [1.54, 1.807) is 0 Å². The van der Waals surface area contributed by atoms with Gasteiger partial charge in [-0.15, -0.1) is 0 Å². The maximum atomic E-state index is 4.60. The van der Waals surface area contributed by atoms with Crippen molar-refractivity contribution < 1.29 is 4.40 Å². The van der Waals surface area contributed by atoms with E-state index in [2.05, 4.69) is 66.1 Å². The van der Waals surface area contributed by atoms with Crippen LogP contribution in [0.25, 0.3) is 33.9 Å². The number of hydrogen-bond donors (Lipinski definition) is 0. The molecule has 1 aliphatic rings. The summed E-state index contributed by atoms with van der Waals surface area (Å²) in [5.41, 5.74) is 6.88. The Balaban J connectivity index is 1.79. The van der Waals surface area contributed by atoms with E-state index in [4.69, 9.17) is 0 Å². The molecule has 5 aromatic rings. The van der Waals surface area contributed by atoms with Crippen molar-refractivity contribution in [3.63, 3.8) is 0 Å². The van der Waals surface area contributed by atoms with Crippen LogP contribution in [-0.4, -0.2) is 19.1 Å². The molecule has 5 heteroatoms. The van der Waals surface area contributed by atoms with Gasteiger partial charge in [-0.25, -0.2) is 4.57 Å². The molecule has 118 valence electrons. The van der Waals surface area contributed by atoms with Gasteiger partial charge in [-0.05, 0) is 24.3 Å². The molecule has 0 bridgehead atoms. The molecule has 5 heterocycles. The first-order valence-corrected chi connectivity index (χ1v) is 8.31. The third-order valence-electron chi connectivity index (χ3n) is 4.95. The first-order chi connectivity index (χ1) is 12.4. The largest absolute Gasteiger partial charge is 0.376 e. The topological polar surface area (TPSA) is 39.7 Å². The number of benzene rings is 1. The van der Waals surface area contributed by atoms with E-state index in [0.29, 0.717) is 0 Å². The zero-order valence-corrected chi connectivity index (χ0v) is 13.4. The first kappa shape index (κ1) is 12.9. The minimum Gasteiger partial charge on any atom is -0.261 e. The van der Waals surface area contributed by atoms with Crippen LogP contribution in [0.4, 0.5) is 0 Å². The summed E-state index contributed by atoms with van der Waals surface area (Å²) in [4.78, 5) is 8.95. The third-order valence-corrected chi connectivity index (χ3v) is 4.95. The summed E-state index contributed by atoms with van der Waals surface area (Å²) >= 11 is 0. The second-order valence-corrected chi connectivity index (χ2v) is 6.32. The summed E-state index contributed by atoms with van der Waals surface area (Å²) in [6.07, 6.45) is 7.84. The highest BCUT2D eigenvalue weighted by molar-refractivity contribution is 5.78. The highest BCUT2D eigenvalue weighted by Crippen LogP contribution is 2.33. The van der Waals surface area contributed by atoms with Crippen molar-refractivity contribution in [2.24, 2.45) is 0 Å². The van der Waals surface area contributed by atoms with Crippen LogP contribution in [0.1, 0.15) is 5.56 Å². The lowest BCUT2D eigenvalue weighted by molar-refractivity contribution is -0.480. The Labute approximate surface area is 143 Å². The fourth-order valence-electron chi connectivity index (χ4n) is 3.90. The number of pyridine rings is 2. The van der Waals surface area contributed by atoms with Gasteiger partial charge in [0.1, 0.15) is 23.1 Å². The molecule has 0 N–H and O–H groups in total. The van der Waals surface area contributed by atoms with Crippen LogP contribution < -0.4 is 4.40 Å². The maximum absolute atomic E-state index is 4.60. The van der Waals surface area contributed by atoms with Crippen LogP contribution in [0.5, 0.6) is 0 Å². The van der Waals surface area contributed by atoms with Gasteiger partial charge < -0.3 is 0 Å². The average Bonchev–Trinajstić information content (AvgIpc) is 3.30. The fourth-order valence-corrected chi connectivity index (χ4v) is 3.90. The van der Waals surface area contributed by atoms with Crippen LogP contribution in [0.15, 0.2) is 73.3 Å². The summed E-state index contributed by atoms with van der Waals surface area (Å²) in [6, 6.07) is 16.7. The summed E-state index contributed by atoms with van der Waals surface area (Å²) in [5, 5.41) is 0. The predicted octanol–water partition coefficient (Wildman–Crippen LogP) is 2.99. The number of nitrogens with zero attached hydrogens (tertiary/aromatic N) is 5. The van der Waals surface area contributed by atoms with Gasteiger partial charge in [0, 0.05) is 18.0 Å². The van der Waals surface area contributed by atoms with Gasteiger partial charge in [-0.3, -0.25) is 9.97 Å². The lowest BCUT2D eigenvalue weighted by Gasteiger charge is -2.00. The molecule has 1 aliphatic heterocycles. The van der Waals surface area contributed by atoms with Crippen LogP contribution in [0, 0.1) is 0 Å². The van der Waals surface area contributed by atoms with E-state index in [1.165, 1.54) is 5.56 Å². The van der Waals surface area contributed by atoms with Gasteiger partial charge in [-0.2, -0.15) is 8.97 Å². The molecule has 0 atom stereocenters. The zero-order valence-electron chi connectivity index (χ0n) is 13.4. The molecule has 1 aromatic carbocycles. The Morgan fingerprint density at radius 2 is 1.88 bits per heavy atom. The monoisotopic (exact) mass is 324 g/mol. The summed E-state index contributed by atoms with van der Waals surface area (Å²) < 4.78 is 6.86. The molecule has 0 unspecified atom stereocenters. The Hall–Kier alpha value is -3.47. The smallest absolute Gasteiger partial charge is 0.261 e. The summed E-state index contributed by atoms with van der Waals surface area (Å²) in [5.74, 6) is 1.13. The van der Waals surface area contributed by atoms with Gasteiger partial charge in [0.2, 0.25) is 0 Å². The van der Waals surface area contributed by atoms with Crippen molar-refractivity contribution in [3.05, 3.63) is 78.9 Å². The molecular formula is C20H14N5+. The zero-order chi connectivity index (χ0) is 16.4. The minimum atomic E-state index is 0.839. The Morgan fingerprint density at radius 1 is 0.960 bits per heavy atom. The molecular weight excluding hydrogens is 310 g/mol. The Kier molecular flexibility index (Phi) is 2.34. The van der Waals surface area contributed by atoms with Crippen LogP contribution in [0.3, 0.4) is 0 Å². The second kappa shape index (κ2) is 4.54. The van der Waals surface area contributed by atoms with Crippen molar-refractivity contribution >= 4 is 16.8 Å². The Bertz CT molecular complexity index is 1260. The number of hydrogen-bond acceptors (Lipinski definition) is 2. The molecule has 0 aliphatic carbocycles. The van der Waals surface area contributed by atoms with Crippen molar-refractivity contribution in [2.45, 2.75) is 6.54 Å². The van der Waals surface area contributed by atoms with E-state index in [0.717, 1.165) is 40.4 Å². The normalized spacial score (nSPS) is 12.6. The van der Waals surface area contributed by atoms with Crippen molar-refractivity contribution in [1.82, 2.24) is 19.1 Å². The standard InChI is InChI=1S/C20H14N5/c1-2-6-15(7-3-1)25-17-11-21-10-8-16(17)24-13-18-19-14(5-4-9-22-19)12-23(18)20(24)25/h1-11,13H,12H2/q+1. The minimum absolute atomic E-state index is 0.839. The SMILES string of the molecule is c1ccc(-n2c3cnccc3[n+]3cc4n(c23)Cc2cccnc2-4)cc1. The molecule has 0 radical (unpaired) electrons. The number of fused-ring (bicyclic) bond motifs is 7. The maximum Gasteiger partial charge on any atom is 0.376 e. The lowest BCUT2D eigenvalue weighted by atomic mass is 10.2. The average molecular weight is 324 g/mol. The van der Waals surface area contributed by atoms with Gasteiger partial charge in [0.05, 0.1) is 12.7 Å². The first-order valence-electron chi connectivity index (χ1n) is 8.31. The summed E-state index contributed by atoms with van der Waals surface area (Å²) in [7, 11) is 0. The molecule has 0 amide bonds. The van der Waals surface area contributed by atoms with Crippen molar-refractivity contribution in [1.29, 1.82) is 0 Å². The van der Waals surface area contributed by atoms with Gasteiger partial charge in [-0.1, -0.05) is 24.3 Å². The van der Waals surface area contributed by atoms with Gasteiger partial charge in [0.15, 0.2) is 11.2 Å². The molecule has 0 fully saturated rings. The van der Waals surface area contributed by atoms with E-state index in [-0.39, 0.29) is 0 Å². The predicted molar refractivity (Wildman–Crippen MR) is 94.6 cm³/mol. The number of imidazole rings is 2. The van der Waals surface area contributed by atoms with E-state index < -0.39 is 0 Å². The highest BCUT2D eigenvalue weighted by Gasteiger charge is 2.33. The fraction of sp³-hybridized carbons (Fsp3) is 0.0500. The molecule has 0 saturated heterocycles. The van der Waals surface area contributed by atoms with Crippen molar-refractivity contribution in [3.8, 4) is 17.1 Å². The van der Waals surface area contributed by atoms with Crippen molar-refractivity contribution in [2.75, 3.05) is 0 Å². The number of rotatable bonds is 1.